The number of amides is 1. The van der Waals surface area contributed by atoms with Crippen LogP contribution in [0.5, 0.6) is 5.75 Å². The van der Waals surface area contributed by atoms with Gasteiger partial charge in [0.25, 0.3) is 11.7 Å². The SMILES string of the molecule is COc1cccc(C(O)=C2C(=O)C(=O)N(CCN(C)C)[C@@H]2c2ccc(C(C)C)cc2)c1. The van der Waals surface area contributed by atoms with Gasteiger partial charge in [-0.25, -0.2) is 0 Å². The fourth-order valence-corrected chi connectivity index (χ4v) is 3.75. The van der Waals surface area contributed by atoms with Crippen LogP contribution in [0.15, 0.2) is 54.1 Å². The zero-order valence-corrected chi connectivity index (χ0v) is 18.8. The molecule has 1 saturated heterocycles. The first kappa shape index (κ1) is 22.6. The van der Waals surface area contributed by atoms with Gasteiger partial charge in [-0.15, -0.1) is 0 Å². The molecular formula is C25H30N2O4. The van der Waals surface area contributed by atoms with Crippen molar-refractivity contribution < 1.29 is 19.4 Å². The minimum absolute atomic E-state index is 0.106. The smallest absolute Gasteiger partial charge is 0.295 e. The minimum atomic E-state index is -0.669. The Morgan fingerprint density at radius 1 is 1.13 bits per heavy atom. The van der Waals surface area contributed by atoms with Crippen LogP contribution in [-0.4, -0.2) is 60.9 Å². The summed E-state index contributed by atoms with van der Waals surface area (Å²) in [6.07, 6.45) is 0. The van der Waals surface area contributed by atoms with Crippen LogP contribution in [0.1, 0.15) is 42.5 Å². The number of aliphatic hydroxyl groups excluding tert-OH is 1. The van der Waals surface area contributed by atoms with Crippen LogP contribution in [0.4, 0.5) is 0 Å². The number of likely N-dealkylation sites (tertiary alicyclic amines) is 1. The maximum absolute atomic E-state index is 13.0. The van der Waals surface area contributed by atoms with E-state index in [2.05, 4.69) is 13.8 Å². The molecule has 0 radical (unpaired) electrons. The van der Waals surface area contributed by atoms with E-state index in [1.165, 1.54) is 12.7 Å². The lowest BCUT2D eigenvalue weighted by Crippen LogP contribution is -2.35. The molecule has 1 heterocycles. The third-order valence-electron chi connectivity index (χ3n) is 5.59. The predicted molar refractivity (Wildman–Crippen MR) is 121 cm³/mol. The Kier molecular flexibility index (Phi) is 6.81. The summed E-state index contributed by atoms with van der Waals surface area (Å²) in [6.45, 7) is 5.21. The number of ether oxygens (including phenoxy) is 1. The molecule has 2 aromatic carbocycles. The molecule has 164 valence electrons. The van der Waals surface area contributed by atoms with E-state index in [9.17, 15) is 14.7 Å². The van der Waals surface area contributed by atoms with Gasteiger partial charge in [0.2, 0.25) is 0 Å². The number of aliphatic hydroxyl groups is 1. The molecule has 1 atom stereocenters. The summed E-state index contributed by atoms with van der Waals surface area (Å²) in [7, 11) is 5.37. The van der Waals surface area contributed by atoms with Crippen molar-refractivity contribution in [3.63, 3.8) is 0 Å². The standard InChI is InChI=1S/C25H30N2O4/c1-16(2)17-9-11-18(12-10-17)22-21(23(28)19-7-6-8-20(15-19)31-5)24(29)25(30)27(22)14-13-26(3)4/h6-12,15-16,22,28H,13-14H2,1-5H3/t22-/m1/s1. The molecule has 0 saturated carbocycles. The first-order chi connectivity index (χ1) is 14.7. The number of hydrogen-bond donors (Lipinski definition) is 1. The number of hydrogen-bond acceptors (Lipinski definition) is 5. The molecule has 1 fully saturated rings. The van der Waals surface area contributed by atoms with Crippen LogP contribution in [0, 0.1) is 0 Å². The van der Waals surface area contributed by atoms with Crippen molar-refractivity contribution >= 4 is 17.4 Å². The number of methoxy groups -OCH3 is 1. The molecule has 0 aromatic heterocycles. The van der Waals surface area contributed by atoms with Crippen molar-refractivity contribution in [3.8, 4) is 5.75 Å². The summed E-state index contributed by atoms with van der Waals surface area (Å²) >= 11 is 0. The van der Waals surface area contributed by atoms with Gasteiger partial charge in [-0.1, -0.05) is 50.2 Å². The van der Waals surface area contributed by atoms with Gasteiger partial charge in [-0.2, -0.15) is 0 Å². The Labute approximate surface area is 183 Å². The molecule has 6 nitrogen and oxygen atoms in total. The number of ketones is 1. The molecule has 6 heteroatoms. The maximum Gasteiger partial charge on any atom is 0.295 e. The van der Waals surface area contributed by atoms with E-state index in [1.54, 1.807) is 29.2 Å². The first-order valence-electron chi connectivity index (χ1n) is 10.4. The van der Waals surface area contributed by atoms with Crippen LogP contribution in [0.2, 0.25) is 0 Å². The minimum Gasteiger partial charge on any atom is -0.507 e. The second-order valence-electron chi connectivity index (χ2n) is 8.35. The van der Waals surface area contributed by atoms with Crippen LogP contribution in [0.3, 0.4) is 0 Å². The second-order valence-corrected chi connectivity index (χ2v) is 8.35. The summed E-state index contributed by atoms with van der Waals surface area (Å²) < 4.78 is 5.25. The Hall–Kier alpha value is -3.12. The zero-order chi connectivity index (χ0) is 22.7. The number of likely N-dealkylation sites (N-methyl/N-ethyl adjacent to an activating group) is 1. The van der Waals surface area contributed by atoms with Crippen LogP contribution >= 0.6 is 0 Å². The highest BCUT2D eigenvalue weighted by Gasteiger charge is 2.45. The summed E-state index contributed by atoms with van der Waals surface area (Å²) in [5, 5.41) is 11.1. The van der Waals surface area contributed by atoms with Gasteiger partial charge in [-0.05, 0) is 43.3 Å². The maximum atomic E-state index is 13.0. The van der Waals surface area contributed by atoms with Gasteiger partial charge in [-0.3, -0.25) is 9.59 Å². The van der Waals surface area contributed by atoms with Gasteiger partial charge in [0.15, 0.2) is 0 Å². The molecule has 1 N–H and O–H groups in total. The Bertz CT molecular complexity index is 993. The molecule has 2 aromatic rings. The number of rotatable bonds is 7. The molecule has 1 amide bonds. The van der Waals surface area contributed by atoms with Crippen molar-refractivity contribution in [1.82, 2.24) is 9.80 Å². The Morgan fingerprint density at radius 3 is 2.39 bits per heavy atom. The average molecular weight is 423 g/mol. The molecule has 0 unspecified atom stereocenters. The Balaban J connectivity index is 2.13. The van der Waals surface area contributed by atoms with Crippen molar-refractivity contribution in [3.05, 3.63) is 70.8 Å². The van der Waals surface area contributed by atoms with Crippen molar-refractivity contribution in [1.29, 1.82) is 0 Å². The van der Waals surface area contributed by atoms with Crippen LogP contribution in [0.25, 0.3) is 5.76 Å². The molecule has 3 rings (SSSR count). The summed E-state index contributed by atoms with van der Waals surface area (Å²) in [6, 6.07) is 14.1. The number of carbonyl (C=O) groups is 2. The van der Waals surface area contributed by atoms with Crippen LogP contribution < -0.4 is 4.74 Å². The predicted octanol–water partition coefficient (Wildman–Crippen LogP) is 3.80. The largest absolute Gasteiger partial charge is 0.507 e. The fourth-order valence-electron chi connectivity index (χ4n) is 3.75. The number of nitrogens with zero attached hydrogens (tertiary/aromatic N) is 2. The number of Topliss-reactive ketones (excluding diaryl/α,β-unsaturated/α-hetero) is 1. The number of carbonyl (C=O) groups excluding carboxylic acids is 2. The van der Waals surface area contributed by atoms with E-state index in [-0.39, 0.29) is 11.3 Å². The van der Waals surface area contributed by atoms with Crippen molar-refractivity contribution in [2.45, 2.75) is 25.8 Å². The second kappa shape index (κ2) is 9.35. The van der Waals surface area contributed by atoms with Gasteiger partial charge < -0.3 is 19.6 Å². The molecule has 0 spiro atoms. The Morgan fingerprint density at radius 2 is 1.81 bits per heavy atom. The van der Waals surface area contributed by atoms with Gasteiger partial charge in [0.05, 0.1) is 18.7 Å². The normalized spacial score (nSPS) is 18.3. The first-order valence-corrected chi connectivity index (χ1v) is 10.4. The number of benzene rings is 2. The van der Waals surface area contributed by atoms with E-state index in [4.69, 9.17) is 4.74 Å². The van der Waals surface area contributed by atoms with Crippen molar-refractivity contribution in [2.24, 2.45) is 0 Å². The lowest BCUT2D eigenvalue weighted by molar-refractivity contribution is -0.140. The molecule has 1 aliphatic rings. The summed E-state index contributed by atoms with van der Waals surface area (Å²) in [5.74, 6) is -0.529. The highest BCUT2D eigenvalue weighted by molar-refractivity contribution is 6.46. The third-order valence-corrected chi connectivity index (χ3v) is 5.59. The van der Waals surface area contributed by atoms with Crippen molar-refractivity contribution in [2.75, 3.05) is 34.3 Å². The highest BCUT2D eigenvalue weighted by atomic mass is 16.5. The van der Waals surface area contributed by atoms with E-state index < -0.39 is 17.7 Å². The summed E-state index contributed by atoms with van der Waals surface area (Å²) in [4.78, 5) is 29.5. The lowest BCUT2D eigenvalue weighted by atomic mass is 9.93. The zero-order valence-electron chi connectivity index (χ0n) is 18.8. The van der Waals surface area contributed by atoms with Gasteiger partial charge in [0, 0.05) is 18.7 Å². The summed E-state index contributed by atoms with van der Waals surface area (Å²) in [5.41, 5.74) is 2.51. The van der Waals surface area contributed by atoms with E-state index in [0.717, 1.165) is 5.56 Å². The van der Waals surface area contributed by atoms with Gasteiger partial charge in [0.1, 0.15) is 11.5 Å². The van der Waals surface area contributed by atoms with E-state index >= 15 is 0 Å². The molecular weight excluding hydrogens is 392 g/mol. The molecule has 0 bridgehead atoms. The van der Waals surface area contributed by atoms with E-state index in [0.29, 0.717) is 30.3 Å². The topological polar surface area (TPSA) is 70.1 Å². The van der Waals surface area contributed by atoms with Crippen LogP contribution in [-0.2, 0) is 9.59 Å². The monoisotopic (exact) mass is 422 g/mol. The lowest BCUT2D eigenvalue weighted by Gasteiger charge is -2.27. The molecule has 1 aliphatic heterocycles. The van der Waals surface area contributed by atoms with E-state index in [1.807, 2.05) is 43.3 Å². The van der Waals surface area contributed by atoms with Gasteiger partial charge >= 0.3 is 0 Å². The quantitative estimate of drug-likeness (QED) is 0.418. The third kappa shape index (κ3) is 4.64. The molecule has 0 aliphatic carbocycles. The average Bonchev–Trinajstić information content (AvgIpc) is 3.01. The molecule has 31 heavy (non-hydrogen) atoms. The highest BCUT2D eigenvalue weighted by Crippen LogP contribution is 2.39. The fraction of sp³-hybridized carbons (Fsp3) is 0.360.